The molecule has 0 unspecified atom stereocenters. The van der Waals surface area contributed by atoms with Crippen molar-refractivity contribution < 1.29 is 0 Å². The first kappa shape index (κ1) is 25.1. The van der Waals surface area contributed by atoms with Gasteiger partial charge < -0.3 is 4.90 Å². The van der Waals surface area contributed by atoms with Crippen molar-refractivity contribution in [3.8, 4) is 11.1 Å². The van der Waals surface area contributed by atoms with Crippen LogP contribution in [0.4, 0.5) is 17.1 Å². The Morgan fingerprint density at radius 3 is 1.93 bits per heavy atom. The van der Waals surface area contributed by atoms with Gasteiger partial charge in [0, 0.05) is 42.3 Å². The van der Waals surface area contributed by atoms with E-state index in [0.29, 0.717) is 0 Å². The van der Waals surface area contributed by atoms with Gasteiger partial charge in [0.15, 0.2) is 0 Å². The number of hydrogen-bond acceptors (Lipinski definition) is 2. The molecule has 0 aliphatic heterocycles. The van der Waals surface area contributed by atoms with Crippen LogP contribution in [0.2, 0.25) is 0 Å². The van der Waals surface area contributed by atoms with Crippen LogP contribution in [-0.2, 0) is 0 Å². The number of hydrogen-bond donors (Lipinski definition) is 0. The second-order valence-electron chi connectivity index (χ2n) is 11.4. The minimum absolute atomic E-state index is 1.13. The average molecular weight is 578 g/mol. The topological polar surface area (TPSA) is 3.24 Å². The molecule has 8 aromatic carbocycles. The first-order valence-electron chi connectivity index (χ1n) is 15.0. The van der Waals surface area contributed by atoms with Crippen LogP contribution in [0.25, 0.3) is 63.6 Å². The van der Waals surface area contributed by atoms with Crippen LogP contribution in [0, 0.1) is 0 Å². The summed E-state index contributed by atoms with van der Waals surface area (Å²) in [7, 11) is 0. The fourth-order valence-corrected chi connectivity index (χ4v) is 7.99. The SMILES string of the molecule is c1ccc(-c2ccc(N(c3ccc4c(ccc5ccc6c7ccccc7sc6c54)c3)c3cccc4ccccc34)cc2)cc1. The van der Waals surface area contributed by atoms with Gasteiger partial charge in [-0.1, -0.05) is 127 Å². The molecule has 0 saturated carbocycles. The fraction of sp³-hybridized carbons (Fsp3) is 0. The highest BCUT2D eigenvalue weighted by Gasteiger charge is 2.17. The molecule has 0 aliphatic carbocycles. The predicted octanol–water partition coefficient (Wildman–Crippen LogP) is 12.7. The number of thiophene rings is 1. The van der Waals surface area contributed by atoms with E-state index in [4.69, 9.17) is 0 Å². The van der Waals surface area contributed by atoms with Gasteiger partial charge >= 0.3 is 0 Å². The van der Waals surface area contributed by atoms with Crippen LogP contribution in [0.1, 0.15) is 0 Å². The van der Waals surface area contributed by atoms with Crippen molar-refractivity contribution in [3.63, 3.8) is 0 Å². The number of anilines is 3. The maximum Gasteiger partial charge on any atom is 0.0540 e. The maximum absolute atomic E-state index is 2.40. The molecule has 0 saturated heterocycles. The minimum Gasteiger partial charge on any atom is -0.310 e. The molecule has 1 aromatic heterocycles. The summed E-state index contributed by atoms with van der Waals surface area (Å²) < 4.78 is 2.70. The van der Waals surface area contributed by atoms with E-state index in [0.717, 1.165) is 11.4 Å². The Morgan fingerprint density at radius 1 is 0.386 bits per heavy atom. The monoisotopic (exact) mass is 577 g/mol. The van der Waals surface area contributed by atoms with E-state index < -0.39 is 0 Å². The van der Waals surface area contributed by atoms with Crippen molar-refractivity contribution >= 4 is 80.9 Å². The summed E-state index contributed by atoms with van der Waals surface area (Å²) in [6, 6.07) is 59.6. The summed E-state index contributed by atoms with van der Waals surface area (Å²) in [5, 5.41) is 10.3. The molecular weight excluding hydrogens is 551 g/mol. The van der Waals surface area contributed by atoms with Crippen molar-refractivity contribution in [1.29, 1.82) is 0 Å². The quantitative estimate of drug-likeness (QED) is 0.188. The van der Waals surface area contributed by atoms with Gasteiger partial charge in [0.25, 0.3) is 0 Å². The van der Waals surface area contributed by atoms with Gasteiger partial charge in [0.1, 0.15) is 0 Å². The van der Waals surface area contributed by atoms with Crippen LogP contribution in [-0.4, -0.2) is 0 Å². The molecule has 0 fully saturated rings. The number of rotatable bonds is 4. The van der Waals surface area contributed by atoms with Crippen molar-refractivity contribution in [2.45, 2.75) is 0 Å². The highest BCUT2D eigenvalue weighted by atomic mass is 32.1. The van der Waals surface area contributed by atoms with Gasteiger partial charge in [0.2, 0.25) is 0 Å². The van der Waals surface area contributed by atoms with Crippen molar-refractivity contribution in [2.24, 2.45) is 0 Å². The van der Waals surface area contributed by atoms with Gasteiger partial charge in [0.05, 0.1) is 5.69 Å². The van der Waals surface area contributed by atoms with E-state index in [1.54, 1.807) is 0 Å². The molecule has 0 N–H and O–H groups in total. The van der Waals surface area contributed by atoms with Crippen molar-refractivity contribution in [1.82, 2.24) is 0 Å². The highest BCUT2D eigenvalue weighted by Crippen LogP contribution is 2.44. The Morgan fingerprint density at radius 2 is 1.05 bits per heavy atom. The zero-order chi connectivity index (χ0) is 29.0. The molecule has 206 valence electrons. The molecule has 1 heterocycles. The summed E-state index contributed by atoms with van der Waals surface area (Å²) in [6.45, 7) is 0. The van der Waals surface area contributed by atoms with Crippen LogP contribution in [0.15, 0.2) is 164 Å². The summed E-state index contributed by atoms with van der Waals surface area (Å²) in [6.07, 6.45) is 0. The molecule has 0 spiro atoms. The lowest BCUT2D eigenvalue weighted by molar-refractivity contribution is 1.30. The second-order valence-corrected chi connectivity index (χ2v) is 12.4. The Bertz CT molecular complexity index is 2480. The predicted molar refractivity (Wildman–Crippen MR) is 192 cm³/mol. The molecule has 2 heteroatoms. The lowest BCUT2D eigenvalue weighted by Gasteiger charge is -2.27. The van der Waals surface area contributed by atoms with Gasteiger partial charge in [-0.15, -0.1) is 11.3 Å². The van der Waals surface area contributed by atoms with E-state index in [1.165, 1.54) is 69.3 Å². The number of benzene rings is 8. The van der Waals surface area contributed by atoms with Gasteiger partial charge in [-0.25, -0.2) is 0 Å². The Hall–Kier alpha value is -5.44. The number of fused-ring (bicyclic) bond motifs is 8. The Kier molecular flexibility index (Phi) is 5.75. The van der Waals surface area contributed by atoms with E-state index in [9.17, 15) is 0 Å². The lowest BCUT2D eigenvalue weighted by Crippen LogP contribution is -2.10. The highest BCUT2D eigenvalue weighted by molar-refractivity contribution is 7.26. The van der Waals surface area contributed by atoms with Crippen molar-refractivity contribution in [3.05, 3.63) is 164 Å². The second kappa shape index (κ2) is 10.1. The summed E-state index contributed by atoms with van der Waals surface area (Å²) >= 11 is 1.90. The van der Waals surface area contributed by atoms with Crippen LogP contribution in [0.5, 0.6) is 0 Å². The van der Waals surface area contributed by atoms with Crippen LogP contribution in [0.3, 0.4) is 0 Å². The zero-order valence-electron chi connectivity index (χ0n) is 23.9. The Labute approximate surface area is 259 Å². The number of nitrogens with zero attached hydrogens (tertiary/aromatic N) is 1. The smallest absolute Gasteiger partial charge is 0.0540 e. The van der Waals surface area contributed by atoms with Gasteiger partial charge in [-0.05, 0) is 69.1 Å². The molecule has 1 nitrogen and oxygen atoms in total. The van der Waals surface area contributed by atoms with E-state index in [-0.39, 0.29) is 0 Å². The summed E-state index contributed by atoms with van der Waals surface area (Å²) in [4.78, 5) is 2.40. The first-order valence-corrected chi connectivity index (χ1v) is 15.8. The third-order valence-electron chi connectivity index (χ3n) is 8.82. The molecule has 9 aromatic rings. The zero-order valence-corrected chi connectivity index (χ0v) is 24.8. The molecule has 44 heavy (non-hydrogen) atoms. The molecule has 0 radical (unpaired) electrons. The third-order valence-corrected chi connectivity index (χ3v) is 10.0. The minimum atomic E-state index is 1.13. The van der Waals surface area contributed by atoms with E-state index >= 15 is 0 Å². The van der Waals surface area contributed by atoms with Crippen LogP contribution >= 0.6 is 11.3 Å². The summed E-state index contributed by atoms with van der Waals surface area (Å²) in [5.74, 6) is 0. The first-order chi connectivity index (χ1) is 21.8. The lowest BCUT2D eigenvalue weighted by atomic mass is 9.98. The molecule has 0 aliphatic rings. The Balaban J connectivity index is 1.26. The summed E-state index contributed by atoms with van der Waals surface area (Å²) in [5.41, 5.74) is 5.88. The molecule has 9 rings (SSSR count). The normalized spacial score (nSPS) is 11.6. The molecule has 0 bridgehead atoms. The van der Waals surface area contributed by atoms with Crippen molar-refractivity contribution in [2.75, 3.05) is 4.90 Å². The molecule has 0 atom stereocenters. The maximum atomic E-state index is 2.40. The fourth-order valence-electron chi connectivity index (χ4n) is 6.72. The molecular formula is C42H27NS. The average Bonchev–Trinajstić information content (AvgIpc) is 3.48. The van der Waals surface area contributed by atoms with Crippen LogP contribution < -0.4 is 4.90 Å². The molecule has 0 amide bonds. The van der Waals surface area contributed by atoms with Gasteiger partial charge in [-0.3, -0.25) is 0 Å². The largest absolute Gasteiger partial charge is 0.310 e. The third kappa shape index (κ3) is 4.00. The standard InChI is InChI=1S/C42H27NS/c1-2-9-28(10-3-1)29-19-22-33(23-20-29)43(39-15-8-12-30-11-4-5-13-35(30)39)34-24-26-36-32(27-34)18-17-31-21-25-38-37-14-6-7-16-40(37)44-42(38)41(31)36/h1-27H. The van der Waals surface area contributed by atoms with E-state index in [1.807, 2.05) is 11.3 Å². The van der Waals surface area contributed by atoms with E-state index in [2.05, 4.69) is 169 Å². The van der Waals surface area contributed by atoms with Gasteiger partial charge in [-0.2, -0.15) is 0 Å².